The number of methoxy groups -OCH3 is 1. The molecule has 2 amide bonds. The number of benzene rings is 1. The number of amides is 2. The molecule has 1 aromatic rings. The molecule has 0 bridgehead atoms. The van der Waals surface area contributed by atoms with Gasteiger partial charge in [-0.05, 0) is 31.6 Å². The second-order valence-corrected chi connectivity index (χ2v) is 5.85. The first-order valence-corrected chi connectivity index (χ1v) is 7.78. The average Bonchev–Trinajstić information content (AvgIpc) is 2.94. The van der Waals surface area contributed by atoms with Crippen LogP contribution in [-0.2, 0) is 9.53 Å². The molecule has 0 fully saturated rings. The van der Waals surface area contributed by atoms with Crippen LogP contribution >= 0.6 is 0 Å². The van der Waals surface area contributed by atoms with E-state index in [1.165, 1.54) is 4.90 Å². The highest BCUT2D eigenvalue weighted by Crippen LogP contribution is 2.28. The van der Waals surface area contributed by atoms with Crippen molar-refractivity contribution in [3.8, 4) is 5.75 Å². The first-order valence-electron chi connectivity index (χ1n) is 7.78. The van der Waals surface area contributed by atoms with Gasteiger partial charge in [-0.1, -0.05) is 12.6 Å². The number of allylic oxidation sites excluding steroid dienone is 2. The summed E-state index contributed by atoms with van der Waals surface area (Å²) in [6.45, 7) is 7.01. The van der Waals surface area contributed by atoms with Crippen molar-refractivity contribution >= 4 is 17.7 Å². The van der Waals surface area contributed by atoms with Gasteiger partial charge >= 0.3 is 12.0 Å². The number of hydrogen-bond acceptors (Lipinski definition) is 4. The minimum atomic E-state index is -0.477. The van der Waals surface area contributed by atoms with Gasteiger partial charge in [0.05, 0.1) is 7.11 Å². The minimum Gasteiger partial charge on any atom is -0.497 e. The van der Waals surface area contributed by atoms with Crippen LogP contribution in [0.15, 0.2) is 59.5 Å². The zero-order valence-corrected chi connectivity index (χ0v) is 14.9. The molecule has 0 aliphatic heterocycles. The van der Waals surface area contributed by atoms with Crippen molar-refractivity contribution in [2.24, 2.45) is 0 Å². The highest BCUT2D eigenvalue weighted by Gasteiger charge is 2.22. The van der Waals surface area contributed by atoms with Crippen molar-refractivity contribution in [3.05, 3.63) is 59.5 Å². The fourth-order valence-corrected chi connectivity index (χ4v) is 2.24. The molecule has 0 radical (unpaired) electrons. The number of carbonyl (C=O) groups is 2. The molecule has 0 unspecified atom stereocenters. The van der Waals surface area contributed by atoms with Gasteiger partial charge < -0.3 is 19.7 Å². The number of hydrogen-bond donors (Lipinski definition) is 1. The number of urea groups is 1. The number of anilines is 1. The van der Waals surface area contributed by atoms with E-state index in [1.807, 2.05) is 6.92 Å². The molecule has 132 valence electrons. The molecule has 0 saturated carbocycles. The van der Waals surface area contributed by atoms with Gasteiger partial charge in [-0.15, -0.1) is 0 Å². The average molecular weight is 342 g/mol. The van der Waals surface area contributed by atoms with E-state index in [0.717, 1.165) is 11.3 Å². The van der Waals surface area contributed by atoms with Gasteiger partial charge in [0.1, 0.15) is 11.5 Å². The molecule has 1 aliphatic rings. The summed E-state index contributed by atoms with van der Waals surface area (Å²) >= 11 is 0. The Balaban J connectivity index is 2.05. The highest BCUT2D eigenvalue weighted by molar-refractivity contribution is 5.91. The van der Waals surface area contributed by atoms with Crippen LogP contribution in [-0.4, -0.2) is 31.1 Å². The van der Waals surface area contributed by atoms with Gasteiger partial charge in [-0.25, -0.2) is 9.59 Å². The number of rotatable bonds is 5. The molecule has 0 saturated heterocycles. The van der Waals surface area contributed by atoms with Crippen LogP contribution in [0, 0.1) is 0 Å². The van der Waals surface area contributed by atoms with Crippen LogP contribution in [0.1, 0.15) is 20.3 Å². The van der Waals surface area contributed by atoms with Crippen molar-refractivity contribution in [3.63, 3.8) is 0 Å². The number of carbonyl (C=O) groups excluding carboxylic acids is 2. The van der Waals surface area contributed by atoms with Gasteiger partial charge in [0.2, 0.25) is 0 Å². The van der Waals surface area contributed by atoms with Gasteiger partial charge in [-0.2, -0.15) is 0 Å². The molecule has 25 heavy (non-hydrogen) atoms. The Labute approximate surface area is 147 Å². The van der Waals surface area contributed by atoms with Crippen molar-refractivity contribution in [2.45, 2.75) is 20.3 Å². The lowest BCUT2D eigenvalue weighted by molar-refractivity contribution is -0.134. The van der Waals surface area contributed by atoms with E-state index < -0.39 is 5.97 Å². The minimum absolute atomic E-state index is 0.292. The van der Waals surface area contributed by atoms with Crippen molar-refractivity contribution in [1.29, 1.82) is 0 Å². The van der Waals surface area contributed by atoms with E-state index in [9.17, 15) is 9.59 Å². The lowest BCUT2D eigenvalue weighted by atomic mass is 10.2. The quantitative estimate of drug-likeness (QED) is 0.652. The summed E-state index contributed by atoms with van der Waals surface area (Å²) in [4.78, 5) is 25.6. The molecule has 0 aromatic heterocycles. The Morgan fingerprint density at radius 1 is 1.32 bits per heavy atom. The Bertz CT molecular complexity index is 777. The monoisotopic (exact) mass is 342 g/mol. The summed E-state index contributed by atoms with van der Waals surface area (Å²) in [7, 11) is 3.23. The van der Waals surface area contributed by atoms with E-state index >= 15 is 0 Å². The Hall–Kier alpha value is -3.02. The summed E-state index contributed by atoms with van der Waals surface area (Å²) in [5.41, 5.74) is 2.58. The molecule has 1 aliphatic carbocycles. The fraction of sp³-hybridized carbons (Fsp3) is 0.263. The second-order valence-electron chi connectivity index (χ2n) is 5.85. The normalized spacial score (nSPS) is 13.2. The number of nitrogens with one attached hydrogen (secondary N) is 1. The SMILES string of the molecule is C=C(C)C(=O)OC1=C(C)CC(N(C)C(=O)Nc2cccc(OC)c2)=C1. The molecule has 2 rings (SSSR count). The third-order valence-electron chi connectivity index (χ3n) is 3.77. The maximum Gasteiger partial charge on any atom is 0.338 e. The van der Waals surface area contributed by atoms with Gasteiger partial charge in [0, 0.05) is 42.6 Å². The van der Waals surface area contributed by atoms with E-state index in [4.69, 9.17) is 9.47 Å². The lowest BCUT2D eigenvalue weighted by Crippen LogP contribution is -2.30. The van der Waals surface area contributed by atoms with Crippen LogP contribution in [0.5, 0.6) is 5.75 Å². The van der Waals surface area contributed by atoms with Gasteiger partial charge in [-0.3, -0.25) is 0 Å². The zero-order valence-electron chi connectivity index (χ0n) is 14.9. The molecular formula is C19H22N2O4. The lowest BCUT2D eigenvalue weighted by Gasteiger charge is -2.19. The molecule has 1 N–H and O–H groups in total. The molecule has 0 atom stereocenters. The molecule has 0 heterocycles. The summed E-state index contributed by atoms with van der Waals surface area (Å²) in [6, 6.07) is 6.82. The largest absolute Gasteiger partial charge is 0.497 e. The fourth-order valence-electron chi connectivity index (χ4n) is 2.24. The van der Waals surface area contributed by atoms with E-state index in [0.29, 0.717) is 29.2 Å². The van der Waals surface area contributed by atoms with Gasteiger partial charge in [0.25, 0.3) is 0 Å². The van der Waals surface area contributed by atoms with E-state index in [1.54, 1.807) is 51.4 Å². The molecule has 6 nitrogen and oxygen atoms in total. The van der Waals surface area contributed by atoms with Crippen LogP contribution in [0.25, 0.3) is 0 Å². The number of ether oxygens (including phenoxy) is 2. The van der Waals surface area contributed by atoms with E-state index in [-0.39, 0.29) is 6.03 Å². The van der Waals surface area contributed by atoms with Crippen molar-refractivity contribution in [2.75, 3.05) is 19.5 Å². The summed E-state index contributed by atoms with van der Waals surface area (Å²) < 4.78 is 10.4. The third-order valence-corrected chi connectivity index (χ3v) is 3.77. The molecule has 0 spiro atoms. The predicted octanol–water partition coefficient (Wildman–Crippen LogP) is 3.84. The molecule has 1 aromatic carbocycles. The van der Waals surface area contributed by atoms with E-state index in [2.05, 4.69) is 11.9 Å². The van der Waals surface area contributed by atoms with Crippen LogP contribution in [0.2, 0.25) is 0 Å². The third kappa shape index (κ3) is 4.50. The first-order chi connectivity index (χ1) is 11.8. The van der Waals surface area contributed by atoms with Crippen molar-refractivity contribution < 1.29 is 19.1 Å². The van der Waals surface area contributed by atoms with Crippen molar-refractivity contribution in [1.82, 2.24) is 4.90 Å². The Morgan fingerprint density at radius 2 is 2.04 bits per heavy atom. The highest BCUT2D eigenvalue weighted by atomic mass is 16.5. The molecule has 6 heteroatoms. The maximum absolute atomic E-state index is 12.4. The van der Waals surface area contributed by atoms with Crippen LogP contribution in [0.3, 0.4) is 0 Å². The number of nitrogens with zero attached hydrogens (tertiary/aromatic N) is 1. The molecular weight excluding hydrogens is 320 g/mol. The second kappa shape index (κ2) is 7.70. The Kier molecular flexibility index (Phi) is 5.64. The summed E-state index contributed by atoms with van der Waals surface area (Å²) in [5.74, 6) is 0.645. The topological polar surface area (TPSA) is 67.9 Å². The first kappa shape index (κ1) is 18.3. The standard InChI is InChI=1S/C19H22N2O4/c1-12(2)18(22)25-17-11-15(9-13(17)3)21(4)19(23)20-14-7-6-8-16(10-14)24-5/h6-8,10-11H,1,9H2,2-5H3,(H,20,23). The number of esters is 1. The Morgan fingerprint density at radius 3 is 2.68 bits per heavy atom. The van der Waals surface area contributed by atoms with Crippen LogP contribution < -0.4 is 10.1 Å². The smallest absolute Gasteiger partial charge is 0.338 e. The summed E-state index contributed by atoms with van der Waals surface area (Å²) in [5, 5.41) is 2.81. The zero-order chi connectivity index (χ0) is 18.6. The maximum atomic E-state index is 12.4. The van der Waals surface area contributed by atoms with Gasteiger partial charge in [0.15, 0.2) is 0 Å². The summed E-state index contributed by atoms with van der Waals surface area (Å²) in [6.07, 6.45) is 2.22. The predicted molar refractivity (Wildman–Crippen MR) is 96.1 cm³/mol. The van der Waals surface area contributed by atoms with Crippen LogP contribution in [0.4, 0.5) is 10.5 Å².